The van der Waals surface area contributed by atoms with Crippen molar-refractivity contribution < 1.29 is 9.59 Å². The second-order valence-electron chi connectivity index (χ2n) is 4.35. The summed E-state index contributed by atoms with van der Waals surface area (Å²) in [5.74, 6) is -0.310. The van der Waals surface area contributed by atoms with Gasteiger partial charge in [0.25, 0.3) is 5.91 Å². The molecule has 1 amide bonds. The van der Waals surface area contributed by atoms with E-state index in [9.17, 15) is 9.59 Å². The summed E-state index contributed by atoms with van der Waals surface area (Å²) in [7, 11) is 0. The van der Waals surface area contributed by atoms with Gasteiger partial charge in [0, 0.05) is 19.0 Å². The first-order valence-electron chi connectivity index (χ1n) is 6.10. The molecule has 6 heteroatoms. The smallest absolute Gasteiger partial charge is 0.257 e. The van der Waals surface area contributed by atoms with Gasteiger partial charge in [0.15, 0.2) is 10.9 Å². The van der Waals surface area contributed by atoms with Crippen LogP contribution in [0.4, 0.5) is 5.13 Å². The van der Waals surface area contributed by atoms with Crippen molar-refractivity contribution in [1.29, 1.82) is 0 Å². The molecule has 0 atom stereocenters. The van der Waals surface area contributed by atoms with Crippen LogP contribution in [0.25, 0.3) is 0 Å². The lowest BCUT2D eigenvalue weighted by Crippen LogP contribution is -2.12. The third-order valence-corrected chi connectivity index (χ3v) is 3.94. The van der Waals surface area contributed by atoms with Gasteiger partial charge in [0.2, 0.25) is 0 Å². The average molecular weight is 289 g/mol. The first-order chi connectivity index (χ1) is 9.51. The maximum atomic E-state index is 12.1. The largest absolute Gasteiger partial charge is 0.326 e. The van der Waals surface area contributed by atoms with Crippen LogP contribution in [0.5, 0.6) is 0 Å². The predicted octanol–water partition coefficient (Wildman–Crippen LogP) is 2.37. The van der Waals surface area contributed by atoms with E-state index in [2.05, 4.69) is 10.3 Å². The molecule has 1 aromatic heterocycles. The molecule has 5 nitrogen and oxygen atoms in total. The Kier molecular flexibility index (Phi) is 4.26. The highest BCUT2D eigenvalue weighted by Crippen LogP contribution is 2.23. The molecule has 0 saturated carbocycles. The zero-order valence-electron chi connectivity index (χ0n) is 11.3. The van der Waals surface area contributed by atoms with Crippen LogP contribution in [0.1, 0.15) is 38.2 Å². The third-order valence-electron chi connectivity index (χ3n) is 2.76. The van der Waals surface area contributed by atoms with Crippen LogP contribution in [0, 0.1) is 6.92 Å². The van der Waals surface area contributed by atoms with E-state index in [1.165, 1.54) is 18.3 Å². The van der Waals surface area contributed by atoms with E-state index >= 15 is 0 Å². The van der Waals surface area contributed by atoms with Gasteiger partial charge in [-0.2, -0.15) is 0 Å². The Labute approximate surface area is 120 Å². The Morgan fingerprint density at radius 1 is 1.40 bits per heavy atom. The average Bonchev–Trinajstić information content (AvgIpc) is 2.79. The van der Waals surface area contributed by atoms with Crippen LogP contribution in [0.15, 0.2) is 24.3 Å². The van der Waals surface area contributed by atoms with E-state index in [-0.39, 0.29) is 11.7 Å². The van der Waals surface area contributed by atoms with Crippen LogP contribution >= 0.6 is 11.3 Å². The number of amides is 1. The SMILES string of the molecule is CC(=O)c1sc(NC(=O)c2cccc(CN)c2)nc1C. The summed E-state index contributed by atoms with van der Waals surface area (Å²) in [5, 5.41) is 3.13. The number of hydrogen-bond acceptors (Lipinski definition) is 5. The summed E-state index contributed by atoms with van der Waals surface area (Å²) in [6.07, 6.45) is 0. The molecule has 0 bridgehead atoms. The van der Waals surface area contributed by atoms with Crippen molar-refractivity contribution in [2.24, 2.45) is 5.73 Å². The fourth-order valence-corrected chi connectivity index (χ4v) is 2.64. The highest BCUT2D eigenvalue weighted by molar-refractivity contribution is 7.17. The highest BCUT2D eigenvalue weighted by atomic mass is 32.1. The van der Waals surface area contributed by atoms with Gasteiger partial charge in [-0.05, 0) is 24.6 Å². The minimum atomic E-state index is -0.260. The monoisotopic (exact) mass is 289 g/mol. The number of thiazole rings is 1. The number of rotatable bonds is 4. The van der Waals surface area contributed by atoms with Crippen molar-refractivity contribution in [2.45, 2.75) is 20.4 Å². The van der Waals surface area contributed by atoms with Gasteiger partial charge < -0.3 is 5.73 Å². The zero-order valence-corrected chi connectivity index (χ0v) is 12.1. The molecule has 0 unspecified atom stereocenters. The number of anilines is 1. The Morgan fingerprint density at radius 3 is 2.75 bits per heavy atom. The lowest BCUT2D eigenvalue weighted by molar-refractivity contribution is 0.101. The van der Waals surface area contributed by atoms with Gasteiger partial charge in [0.05, 0.1) is 10.6 Å². The Balaban J connectivity index is 2.19. The normalized spacial score (nSPS) is 10.3. The Morgan fingerprint density at radius 2 is 2.15 bits per heavy atom. The number of aromatic nitrogens is 1. The van der Waals surface area contributed by atoms with Gasteiger partial charge in [-0.15, -0.1) is 0 Å². The number of benzene rings is 1. The molecule has 0 fully saturated rings. The van der Waals surface area contributed by atoms with Gasteiger partial charge in [-0.1, -0.05) is 23.5 Å². The van der Waals surface area contributed by atoms with Crippen molar-refractivity contribution in [3.8, 4) is 0 Å². The molecule has 2 rings (SSSR count). The van der Waals surface area contributed by atoms with E-state index < -0.39 is 0 Å². The first kappa shape index (κ1) is 14.4. The summed E-state index contributed by atoms with van der Waals surface area (Å²) in [5.41, 5.74) is 7.59. The highest BCUT2D eigenvalue weighted by Gasteiger charge is 2.14. The van der Waals surface area contributed by atoms with Crippen molar-refractivity contribution in [1.82, 2.24) is 4.98 Å². The summed E-state index contributed by atoms with van der Waals surface area (Å²) < 4.78 is 0. The second kappa shape index (κ2) is 5.94. The molecule has 0 aliphatic carbocycles. The lowest BCUT2D eigenvalue weighted by atomic mass is 10.1. The number of nitrogens with one attached hydrogen (secondary N) is 1. The van der Waals surface area contributed by atoms with E-state index in [4.69, 9.17) is 5.73 Å². The third kappa shape index (κ3) is 3.09. The summed E-state index contributed by atoms with van der Waals surface area (Å²) >= 11 is 1.18. The number of carbonyl (C=O) groups excluding carboxylic acids is 2. The maximum Gasteiger partial charge on any atom is 0.257 e. The number of ketones is 1. The van der Waals surface area contributed by atoms with Crippen LogP contribution in [0.3, 0.4) is 0 Å². The van der Waals surface area contributed by atoms with Crippen LogP contribution in [-0.2, 0) is 6.54 Å². The fraction of sp³-hybridized carbons (Fsp3) is 0.214. The van der Waals surface area contributed by atoms with Crippen LogP contribution in [0.2, 0.25) is 0 Å². The molecule has 0 spiro atoms. The molecule has 0 aliphatic heterocycles. The standard InChI is InChI=1S/C14H15N3O2S/c1-8-12(9(2)18)20-14(16-8)17-13(19)11-5-3-4-10(6-11)7-15/h3-6H,7,15H2,1-2H3,(H,16,17,19). The van der Waals surface area contributed by atoms with Crippen molar-refractivity contribution >= 4 is 28.2 Å². The molecule has 1 heterocycles. The van der Waals surface area contributed by atoms with Crippen LogP contribution < -0.4 is 11.1 Å². The van der Waals surface area contributed by atoms with Gasteiger partial charge in [-0.3, -0.25) is 14.9 Å². The molecule has 1 aromatic carbocycles. The molecule has 0 saturated heterocycles. The number of Topliss-reactive ketones (excluding diaryl/α,β-unsaturated/α-hetero) is 1. The van der Waals surface area contributed by atoms with E-state index in [0.29, 0.717) is 27.8 Å². The van der Waals surface area contributed by atoms with E-state index in [1.54, 1.807) is 25.1 Å². The molecule has 104 valence electrons. The Hall–Kier alpha value is -2.05. The number of nitrogens with zero attached hydrogens (tertiary/aromatic N) is 1. The minimum absolute atomic E-state index is 0.0503. The lowest BCUT2D eigenvalue weighted by Gasteiger charge is -2.03. The number of aryl methyl sites for hydroxylation is 1. The maximum absolute atomic E-state index is 12.1. The molecule has 3 N–H and O–H groups in total. The Bertz CT molecular complexity index is 664. The first-order valence-corrected chi connectivity index (χ1v) is 6.91. The topological polar surface area (TPSA) is 85.1 Å². The number of nitrogens with two attached hydrogens (primary N) is 1. The molecule has 0 aliphatic rings. The predicted molar refractivity (Wildman–Crippen MR) is 79.1 cm³/mol. The zero-order chi connectivity index (χ0) is 14.7. The fourth-order valence-electron chi connectivity index (χ4n) is 1.79. The van der Waals surface area contributed by atoms with Crippen LogP contribution in [-0.4, -0.2) is 16.7 Å². The van der Waals surface area contributed by atoms with E-state index in [1.807, 2.05) is 6.07 Å². The van der Waals surface area contributed by atoms with Crippen molar-refractivity contribution in [3.63, 3.8) is 0 Å². The minimum Gasteiger partial charge on any atom is -0.326 e. The number of carbonyl (C=O) groups is 2. The van der Waals surface area contributed by atoms with Gasteiger partial charge in [-0.25, -0.2) is 4.98 Å². The van der Waals surface area contributed by atoms with Crippen molar-refractivity contribution in [2.75, 3.05) is 5.32 Å². The molecular weight excluding hydrogens is 274 g/mol. The molecule has 2 aromatic rings. The summed E-state index contributed by atoms with van der Waals surface area (Å²) in [4.78, 5) is 28.2. The van der Waals surface area contributed by atoms with Gasteiger partial charge in [0.1, 0.15) is 0 Å². The van der Waals surface area contributed by atoms with E-state index in [0.717, 1.165) is 5.56 Å². The molecular formula is C14H15N3O2S. The van der Waals surface area contributed by atoms with Gasteiger partial charge >= 0.3 is 0 Å². The molecule has 0 radical (unpaired) electrons. The number of hydrogen-bond donors (Lipinski definition) is 2. The second-order valence-corrected chi connectivity index (χ2v) is 5.35. The summed E-state index contributed by atoms with van der Waals surface area (Å²) in [6, 6.07) is 7.09. The quantitative estimate of drug-likeness (QED) is 0.846. The van der Waals surface area contributed by atoms with Crippen molar-refractivity contribution in [3.05, 3.63) is 46.0 Å². The summed E-state index contributed by atoms with van der Waals surface area (Å²) in [6.45, 7) is 3.61. The molecule has 20 heavy (non-hydrogen) atoms.